The molecule has 2 aromatic rings. The molecule has 2 rings (SSSR count). The minimum atomic E-state index is 0.515. The van der Waals surface area contributed by atoms with Gasteiger partial charge in [-0.2, -0.15) is 5.10 Å². The number of hydrogen-bond acceptors (Lipinski definition) is 4. The fourth-order valence-corrected chi connectivity index (χ4v) is 2.56. The highest BCUT2D eigenvalue weighted by atomic mass is 16.5. The van der Waals surface area contributed by atoms with Crippen LogP contribution >= 0.6 is 0 Å². The largest absolute Gasteiger partial charge is 0.496 e. The van der Waals surface area contributed by atoms with E-state index in [-0.39, 0.29) is 0 Å². The fourth-order valence-electron chi connectivity index (χ4n) is 2.56. The zero-order chi connectivity index (χ0) is 14.9. The average molecular weight is 274 g/mol. The molecule has 0 bridgehead atoms. The van der Waals surface area contributed by atoms with Gasteiger partial charge in [-0.3, -0.25) is 9.67 Å². The third kappa shape index (κ3) is 2.41. The monoisotopic (exact) mass is 274 g/mol. The number of methoxy groups -OCH3 is 1. The first-order chi connectivity index (χ1) is 9.49. The van der Waals surface area contributed by atoms with Crippen LogP contribution in [0, 0.1) is 27.7 Å². The van der Waals surface area contributed by atoms with E-state index in [9.17, 15) is 0 Å². The average Bonchev–Trinajstić information content (AvgIpc) is 2.68. The molecule has 0 aliphatic carbocycles. The third-order valence-corrected chi connectivity index (χ3v) is 3.78. The van der Waals surface area contributed by atoms with Crippen LogP contribution in [0.5, 0.6) is 5.75 Å². The maximum Gasteiger partial charge on any atom is 0.128 e. The summed E-state index contributed by atoms with van der Waals surface area (Å²) < 4.78 is 7.40. The Morgan fingerprint density at radius 3 is 2.50 bits per heavy atom. The number of nitrogens with two attached hydrogens (primary N) is 1. The van der Waals surface area contributed by atoms with Gasteiger partial charge in [0, 0.05) is 35.1 Å². The second-order valence-electron chi connectivity index (χ2n) is 5.06. The summed E-state index contributed by atoms with van der Waals surface area (Å²) in [5.74, 6) is 0.899. The lowest BCUT2D eigenvalue weighted by Crippen LogP contribution is -2.09. The summed E-state index contributed by atoms with van der Waals surface area (Å²) in [6.45, 7) is 9.21. The molecule has 0 aromatic carbocycles. The van der Waals surface area contributed by atoms with E-state index in [0.29, 0.717) is 13.1 Å². The van der Waals surface area contributed by atoms with Crippen molar-refractivity contribution in [2.45, 2.75) is 40.8 Å². The van der Waals surface area contributed by atoms with Crippen molar-refractivity contribution >= 4 is 0 Å². The Bertz CT molecular complexity index is 631. The van der Waals surface area contributed by atoms with Crippen molar-refractivity contribution < 1.29 is 4.74 Å². The lowest BCUT2D eigenvalue weighted by atomic mass is 10.1. The smallest absolute Gasteiger partial charge is 0.128 e. The predicted octanol–water partition coefficient (Wildman–Crippen LogP) is 2.03. The second kappa shape index (κ2) is 5.63. The van der Waals surface area contributed by atoms with Crippen LogP contribution < -0.4 is 10.5 Å². The van der Waals surface area contributed by atoms with E-state index in [4.69, 9.17) is 10.5 Å². The van der Waals surface area contributed by atoms with Gasteiger partial charge in [0.15, 0.2) is 0 Å². The highest BCUT2D eigenvalue weighted by Crippen LogP contribution is 2.25. The minimum Gasteiger partial charge on any atom is -0.496 e. The first-order valence-corrected chi connectivity index (χ1v) is 6.71. The van der Waals surface area contributed by atoms with E-state index in [1.807, 2.05) is 38.6 Å². The Morgan fingerprint density at radius 1 is 1.25 bits per heavy atom. The molecule has 2 aromatic heterocycles. The number of aromatic nitrogens is 3. The van der Waals surface area contributed by atoms with Gasteiger partial charge in [-0.1, -0.05) is 0 Å². The lowest BCUT2D eigenvalue weighted by Gasteiger charge is -2.13. The van der Waals surface area contributed by atoms with E-state index in [1.54, 1.807) is 7.11 Å². The summed E-state index contributed by atoms with van der Waals surface area (Å²) >= 11 is 0. The molecule has 108 valence electrons. The van der Waals surface area contributed by atoms with E-state index < -0.39 is 0 Å². The molecule has 0 unspecified atom stereocenters. The summed E-state index contributed by atoms with van der Waals surface area (Å²) in [4.78, 5) is 4.52. The van der Waals surface area contributed by atoms with E-state index in [0.717, 1.165) is 39.5 Å². The number of nitrogens with zero attached hydrogens (tertiary/aromatic N) is 3. The SMILES string of the molecule is COc1c(C)cnc(Cn2nc(C)c(CN)c2C)c1C. The van der Waals surface area contributed by atoms with Gasteiger partial charge in [-0.05, 0) is 27.7 Å². The number of rotatable bonds is 4. The topological polar surface area (TPSA) is 66.0 Å². The Labute approximate surface area is 119 Å². The maximum absolute atomic E-state index is 5.76. The van der Waals surface area contributed by atoms with Crippen LogP contribution in [0.1, 0.15) is 33.8 Å². The zero-order valence-corrected chi connectivity index (χ0v) is 12.8. The van der Waals surface area contributed by atoms with Crippen molar-refractivity contribution in [3.63, 3.8) is 0 Å². The van der Waals surface area contributed by atoms with Gasteiger partial charge < -0.3 is 10.5 Å². The molecule has 0 fully saturated rings. The molecule has 5 heteroatoms. The van der Waals surface area contributed by atoms with E-state index in [2.05, 4.69) is 10.1 Å². The summed E-state index contributed by atoms with van der Waals surface area (Å²) in [5.41, 5.74) is 12.1. The highest BCUT2D eigenvalue weighted by Gasteiger charge is 2.14. The molecule has 0 spiro atoms. The van der Waals surface area contributed by atoms with Crippen molar-refractivity contribution in [1.29, 1.82) is 0 Å². The molecule has 2 N–H and O–H groups in total. The first-order valence-electron chi connectivity index (χ1n) is 6.71. The van der Waals surface area contributed by atoms with Crippen molar-refractivity contribution in [2.24, 2.45) is 5.73 Å². The van der Waals surface area contributed by atoms with Crippen molar-refractivity contribution in [3.05, 3.63) is 40.0 Å². The molecule has 0 aliphatic rings. The quantitative estimate of drug-likeness (QED) is 0.926. The van der Waals surface area contributed by atoms with Crippen LogP contribution in [0.3, 0.4) is 0 Å². The predicted molar refractivity (Wildman–Crippen MR) is 79.0 cm³/mol. The first kappa shape index (κ1) is 14.5. The molecule has 0 saturated carbocycles. The van der Waals surface area contributed by atoms with Crippen LogP contribution in [0.25, 0.3) is 0 Å². The molecule has 5 nitrogen and oxygen atoms in total. The minimum absolute atomic E-state index is 0.515. The van der Waals surface area contributed by atoms with Crippen LogP contribution in [-0.2, 0) is 13.1 Å². The molecule has 0 atom stereocenters. The van der Waals surface area contributed by atoms with E-state index in [1.165, 1.54) is 0 Å². The number of aryl methyl sites for hydroxylation is 2. The Morgan fingerprint density at radius 2 is 1.95 bits per heavy atom. The molecule has 0 radical (unpaired) electrons. The second-order valence-corrected chi connectivity index (χ2v) is 5.06. The van der Waals surface area contributed by atoms with Gasteiger partial charge in [-0.25, -0.2) is 0 Å². The lowest BCUT2D eigenvalue weighted by molar-refractivity contribution is 0.406. The Hall–Kier alpha value is -1.88. The van der Waals surface area contributed by atoms with Crippen LogP contribution in [0.2, 0.25) is 0 Å². The number of pyridine rings is 1. The van der Waals surface area contributed by atoms with Gasteiger partial charge in [-0.15, -0.1) is 0 Å². The van der Waals surface area contributed by atoms with Crippen LogP contribution in [-0.4, -0.2) is 21.9 Å². The van der Waals surface area contributed by atoms with Crippen LogP contribution in [0.15, 0.2) is 6.20 Å². The van der Waals surface area contributed by atoms with Crippen molar-refractivity contribution in [3.8, 4) is 5.75 Å². The standard InChI is InChI=1S/C15H22N4O/c1-9-7-17-14(10(2)15(9)20-5)8-19-12(4)13(6-16)11(3)18-19/h7H,6,8,16H2,1-5H3. The normalized spacial score (nSPS) is 10.9. The summed E-state index contributed by atoms with van der Waals surface area (Å²) in [6, 6.07) is 0. The van der Waals surface area contributed by atoms with Crippen molar-refractivity contribution in [1.82, 2.24) is 14.8 Å². The maximum atomic E-state index is 5.76. The van der Waals surface area contributed by atoms with Crippen LogP contribution in [0.4, 0.5) is 0 Å². The molecule has 20 heavy (non-hydrogen) atoms. The molecule has 0 amide bonds. The molecular formula is C15H22N4O. The molecule has 0 aliphatic heterocycles. The van der Waals surface area contributed by atoms with E-state index >= 15 is 0 Å². The fraction of sp³-hybridized carbons (Fsp3) is 0.467. The highest BCUT2D eigenvalue weighted by molar-refractivity contribution is 5.41. The summed E-state index contributed by atoms with van der Waals surface area (Å²) in [7, 11) is 1.69. The summed E-state index contributed by atoms with van der Waals surface area (Å²) in [6.07, 6.45) is 1.84. The zero-order valence-electron chi connectivity index (χ0n) is 12.8. The van der Waals surface area contributed by atoms with Gasteiger partial charge >= 0.3 is 0 Å². The molecule has 0 saturated heterocycles. The van der Waals surface area contributed by atoms with Gasteiger partial charge in [0.05, 0.1) is 25.0 Å². The Kier molecular flexibility index (Phi) is 4.09. The van der Waals surface area contributed by atoms with Gasteiger partial charge in [0.25, 0.3) is 0 Å². The van der Waals surface area contributed by atoms with Gasteiger partial charge in [0.2, 0.25) is 0 Å². The van der Waals surface area contributed by atoms with Gasteiger partial charge in [0.1, 0.15) is 5.75 Å². The summed E-state index contributed by atoms with van der Waals surface area (Å²) in [5, 5.41) is 4.55. The molecule has 2 heterocycles. The van der Waals surface area contributed by atoms with Crippen molar-refractivity contribution in [2.75, 3.05) is 7.11 Å². The Balaban J connectivity index is 2.40. The number of ether oxygens (including phenoxy) is 1. The third-order valence-electron chi connectivity index (χ3n) is 3.78. The number of hydrogen-bond donors (Lipinski definition) is 1. The molecular weight excluding hydrogens is 252 g/mol.